The van der Waals surface area contributed by atoms with Crippen LogP contribution in [0.1, 0.15) is 12.8 Å². The van der Waals surface area contributed by atoms with Crippen LogP contribution >= 0.6 is 0 Å². The summed E-state index contributed by atoms with van der Waals surface area (Å²) in [6.45, 7) is 1.23. The van der Waals surface area contributed by atoms with Gasteiger partial charge in [-0.2, -0.15) is 0 Å². The van der Waals surface area contributed by atoms with Crippen LogP contribution < -0.4 is 9.47 Å². The molecular formula is C16H17FO2. The number of ether oxygens (including phenoxy) is 2. The van der Waals surface area contributed by atoms with E-state index in [0.717, 1.165) is 18.6 Å². The Morgan fingerprint density at radius 1 is 0.737 bits per heavy atom. The maximum atomic E-state index is 12.9. The maximum absolute atomic E-state index is 12.9. The van der Waals surface area contributed by atoms with E-state index in [-0.39, 0.29) is 5.82 Å². The summed E-state index contributed by atoms with van der Waals surface area (Å²) >= 11 is 0. The Bertz CT molecular complexity index is 485. The highest BCUT2D eigenvalue weighted by Crippen LogP contribution is 2.12. The number of hydrogen-bond donors (Lipinski definition) is 0. The smallest absolute Gasteiger partial charge is 0.126 e. The highest BCUT2D eigenvalue weighted by atomic mass is 19.1. The molecule has 0 heterocycles. The van der Waals surface area contributed by atoms with Crippen LogP contribution in [0.5, 0.6) is 11.5 Å². The highest BCUT2D eigenvalue weighted by Gasteiger charge is 1.96. The Kier molecular flexibility index (Phi) is 5.23. The molecule has 0 radical (unpaired) electrons. The fourth-order valence-electron chi connectivity index (χ4n) is 1.66. The number of hydrogen-bond acceptors (Lipinski definition) is 2. The van der Waals surface area contributed by atoms with Crippen molar-refractivity contribution in [1.29, 1.82) is 0 Å². The van der Waals surface area contributed by atoms with Crippen LogP contribution in [0.15, 0.2) is 54.6 Å². The minimum atomic E-state index is -0.273. The monoisotopic (exact) mass is 260 g/mol. The maximum Gasteiger partial charge on any atom is 0.126 e. The standard InChI is InChI=1S/C16H17FO2/c17-14-7-6-10-16(13-14)19-12-5-4-11-18-15-8-2-1-3-9-15/h1-3,6-10,13H,4-5,11-12H2. The molecule has 0 N–H and O–H groups in total. The highest BCUT2D eigenvalue weighted by molar-refractivity contribution is 5.22. The average molecular weight is 260 g/mol. The van der Waals surface area contributed by atoms with E-state index in [4.69, 9.17) is 9.47 Å². The van der Waals surface area contributed by atoms with E-state index >= 15 is 0 Å². The van der Waals surface area contributed by atoms with E-state index in [1.807, 2.05) is 30.3 Å². The fourth-order valence-corrected chi connectivity index (χ4v) is 1.66. The van der Waals surface area contributed by atoms with Gasteiger partial charge in [-0.25, -0.2) is 4.39 Å². The number of para-hydroxylation sites is 1. The molecule has 2 aromatic carbocycles. The van der Waals surface area contributed by atoms with Crippen molar-refractivity contribution in [1.82, 2.24) is 0 Å². The number of rotatable bonds is 7. The summed E-state index contributed by atoms with van der Waals surface area (Å²) in [6.07, 6.45) is 1.79. The van der Waals surface area contributed by atoms with Crippen molar-refractivity contribution in [3.8, 4) is 11.5 Å². The van der Waals surface area contributed by atoms with E-state index in [1.165, 1.54) is 12.1 Å². The molecule has 0 bridgehead atoms. The summed E-state index contributed by atoms with van der Waals surface area (Å²) in [7, 11) is 0. The van der Waals surface area contributed by atoms with Gasteiger partial charge in [-0.3, -0.25) is 0 Å². The molecule has 2 rings (SSSR count). The number of halogens is 1. The van der Waals surface area contributed by atoms with Crippen LogP contribution in [0, 0.1) is 5.82 Å². The van der Waals surface area contributed by atoms with Gasteiger partial charge in [0.15, 0.2) is 0 Å². The molecule has 0 fully saturated rings. The Balaban J connectivity index is 1.58. The average Bonchev–Trinajstić information content (AvgIpc) is 2.44. The van der Waals surface area contributed by atoms with Crippen molar-refractivity contribution in [2.24, 2.45) is 0 Å². The van der Waals surface area contributed by atoms with Crippen LogP contribution in [0.2, 0.25) is 0 Å². The van der Waals surface area contributed by atoms with Gasteiger partial charge < -0.3 is 9.47 Å². The molecular weight excluding hydrogens is 243 g/mol. The first kappa shape index (κ1) is 13.4. The molecule has 3 heteroatoms. The van der Waals surface area contributed by atoms with E-state index in [1.54, 1.807) is 12.1 Å². The molecule has 0 unspecified atom stereocenters. The van der Waals surface area contributed by atoms with Crippen molar-refractivity contribution in [2.45, 2.75) is 12.8 Å². The van der Waals surface area contributed by atoms with Crippen molar-refractivity contribution < 1.29 is 13.9 Å². The van der Waals surface area contributed by atoms with Gasteiger partial charge in [0.05, 0.1) is 13.2 Å². The largest absolute Gasteiger partial charge is 0.494 e. The molecule has 100 valence electrons. The number of benzene rings is 2. The lowest BCUT2D eigenvalue weighted by molar-refractivity contribution is 0.266. The van der Waals surface area contributed by atoms with Crippen LogP contribution in [-0.4, -0.2) is 13.2 Å². The van der Waals surface area contributed by atoms with Gasteiger partial charge in [0.25, 0.3) is 0 Å². The van der Waals surface area contributed by atoms with E-state index in [9.17, 15) is 4.39 Å². The summed E-state index contributed by atoms with van der Waals surface area (Å²) < 4.78 is 23.9. The molecule has 0 amide bonds. The molecule has 2 aromatic rings. The van der Waals surface area contributed by atoms with Gasteiger partial charge in [0.1, 0.15) is 17.3 Å². The topological polar surface area (TPSA) is 18.5 Å². The molecule has 0 aliphatic carbocycles. The molecule has 0 aliphatic heterocycles. The Labute approximate surface area is 112 Å². The summed E-state index contributed by atoms with van der Waals surface area (Å²) in [5.74, 6) is 1.18. The molecule has 0 saturated heterocycles. The minimum Gasteiger partial charge on any atom is -0.494 e. The zero-order valence-corrected chi connectivity index (χ0v) is 10.7. The summed E-state index contributed by atoms with van der Waals surface area (Å²) in [4.78, 5) is 0. The first-order chi connectivity index (χ1) is 9.34. The van der Waals surface area contributed by atoms with Crippen molar-refractivity contribution in [3.05, 3.63) is 60.4 Å². The van der Waals surface area contributed by atoms with Gasteiger partial charge >= 0.3 is 0 Å². The second-order valence-corrected chi connectivity index (χ2v) is 4.17. The molecule has 19 heavy (non-hydrogen) atoms. The van der Waals surface area contributed by atoms with Gasteiger partial charge in [-0.15, -0.1) is 0 Å². The van der Waals surface area contributed by atoms with Crippen LogP contribution in [0.3, 0.4) is 0 Å². The van der Waals surface area contributed by atoms with Crippen LogP contribution in [-0.2, 0) is 0 Å². The Hall–Kier alpha value is -2.03. The normalized spacial score (nSPS) is 10.2. The van der Waals surface area contributed by atoms with Crippen molar-refractivity contribution >= 4 is 0 Å². The Morgan fingerprint density at radius 3 is 2.05 bits per heavy atom. The summed E-state index contributed by atoms with van der Waals surface area (Å²) in [5.41, 5.74) is 0. The predicted octanol–water partition coefficient (Wildman–Crippen LogP) is 4.06. The molecule has 0 saturated carbocycles. The first-order valence-electron chi connectivity index (χ1n) is 6.41. The van der Waals surface area contributed by atoms with Crippen molar-refractivity contribution in [3.63, 3.8) is 0 Å². The van der Waals surface area contributed by atoms with Gasteiger partial charge in [0.2, 0.25) is 0 Å². The predicted molar refractivity (Wildman–Crippen MR) is 73.1 cm³/mol. The number of unbranched alkanes of at least 4 members (excludes halogenated alkanes) is 1. The molecule has 0 aromatic heterocycles. The second-order valence-electron chi connectivity index (χ2n) is 4.17. The van der Waals surface area contributed by atoms with Gasteiger partial charge in [-0.05, 0) is 37.1 Å². The zero-order valence-electron chi connectivity index (χ0n) is 10.7. The van der Waals surface area contributed by atoms with Crippen molar-refractivity contribution in [2.75, 3.05) is 13.2 Å². The third-order valence-corrected chi connectivity index (χ3v) is 2.62. The molecule has 0 aliphatic rings. The lowest BCUT2D eigenvalue weighted by Gasteiger charge is -2.07. The quantitative estimate of drug-likeness (QED) is 0.699. The second kappa shape index (κ2) is 7.41. The van der Waals surface area contributed by atoms with E-state index in [2.05, 4.69) is 0 Å². The third kappa shape index (κ3) is 5.00. The lowest BCUT2D eigenvalue weighted by Crippen LogP contribution is -2.02. The zero-order chi connectivity index (χ0) is 13.3. The van der Waals surface area contributed by atoms with Crippen LogP contribution in [0.25, 0.3) is 0 Å². The summed E-state index contributed by atoms with van der Waals surface area (Å²) in [5, 5.41) is 0. The van der Waals surface area contributed by atoms with E-state index in [0.29, 0.717) is 19.0 Å². The fraction of sp³-hybridized carbons (Fsp3) is 0.250. The summed E-state index contributed by atoms with van der Waals surface area (Å²) in [6, 6.07) is 15.9. The molecule has 0 atom stereocenters. The Morgan fingerprint density at radius 2 is 1.37 bits per heavy atom. The van der Waals surface area contributed by atoms with Gasteiger partial charge in [-0.1, -0.05) is 24.3 Å². The minimum absolute atomic E-state index is 0.273. The third-order valence-electron chi connectivity index (χ3n) is 2.62. The van der Waals surface area contributed by atoms with Gasteiger partial charge in [0, 0.05) is 6.07 Å². The van der Waals surface area contributed by atoms with E-state index < -0.39 is 0 Å². The SMILES string of the molecule is Fc1cccc(OCCCCOc2ccccc2)c1. The first-order valence-corrected chi connectivity index (χ1v) is 6.41. The van der Waals surface area contributed by atoms with Crippen LogP contribution in [0.4, 0.5) is 4.39 Å². The molecule has 2 nitrogen and oxygen atoms in total. The lowest BCUT2D eigenvalue weighted by atomic mass is 10.3. The molecule has 0 spiro atoms.